The molecule has 232 valence electrons. The number of carbonyl (C=O) groups is 4. The minimum Gasteiger partial charge on any atom is -0.391 e. The molecule has 0 aliphatic rings. The van der Waals surface area contributed by atoms with Crippen molar-refractivity contribution in [2.24, 2.45) is 11.3 Å². The largest absolute Gasteiger partial charge is 0.391 e. The van der Waals surface area contributed by atoms with Gasteiger partial charge in [-0.15, -0.1) is 0 Å². The Morgan fingerprint density at radius 3 is 2.33 bits per heavy atom. The van der Waals surface area contributed by atoms with Gasteiger partial charge in [0.05, 0.1) is 6.10 Å². The average Bonchev–Trinajstić information content (AvgIpc) is 3.38. The molecule has 0 spiro atoms. The van der Waals surface area contributed by atoms with Gasteiger partial charge in [0.15, 0.2) is 11.5 Å². The summed E-state index contributed by atoms with van der Waals surface area (Å²) in [6.07, 6.45) is 1.53. The van der Waals surface area contributed by atoms with E-state index in [9.17, 15) is 29.5 Å². The molecule has 3 amide bonds. The fourth-order valence-corrected chi connectivity index (χ4v) is 4.29. The first-order chi connectivity index (χ1) is 20.2. The number of aromatic nitrogens is 1. The lowest BCUT2D eigenvalue weighted by Crippen LogP contribution is -2.49. The highest BCUT2D eigenvalue weighted by Crippen LogP contribution is 2.19. The number of nitriles is 1. The van der Waals surface area contributed by atoms with Crippen molar-refractivity contribution >= 4 is 23.5 Å². The van der Waals surface area contributed by atoms with Crippen LogP contribution in [0.25, 0.3) is 0 Å². The second-order valence-electron chi connectivity index (χ2n) is 11.9. The third-order valence-electron chi connectivity index (χ3n) is 6.59. The van der Waals surface area contributed by atoms with Gasteiger partial charge in [-0.1, -0.05) is 68.3 Å². The van der Waals surface area contributed by atoms with Gasteiger partial charge in [-0.05, 0) is 44.6 Å². The number of aliphatic hydroxyl groups excluding tert-OH is 1. The summed E-state index contributed by atoms with van der Waals surface area (Å²) in [5.41, 5.74) is 1.68. The van der Waals surface area contributed by atoms with Crippen LogP contribution in [0, 0.1) is 36.5 Å². The second-order valence-corrected chi connectivity index (χ2v) is 11.9. The van der Waals surface area contributed by atoms with E-state index in [0.717, 1.165) is 11.1 Å². The summed E-state index contributed by atoms with van der Waals surface area (Å²) in [6, 6.07) is 9.79. The number of rotatable bonds is 15. The molecule has 4 N–H and O–H groups in total. The number of hydrogen-bond acceptors (Lipinski definition) is 8. The van der Waals surface area contributed by atoms with Gasteiger partial charge >= 0.3 is 0 Å². The minimum atomic E-state index is -1.25. The molecule has 11 nitrogen and oxygen atoms in total. The predicted molar refractivity (Wildman–Crippen MR) is 160 cm³/mol. The van der Waals surface area contributed by atoms with Gasteiger partial charge in [0, 0.05) is 31.5 Å². The quantitative estimate of drug-likeness (QED) is 0.138. The van der Waals surface area contributed by atoms with E-state index in [4.69, 9.17) is 4.52 Å². The molecule has 1 aromatic carbocycles. The van der Waals surface area contributed by atoms with Gasteiger partial charge in [-0.3, -0.25) is 19.2 Å². The SMILES string of the molecule is Cc1ccc(CNC(=O)[C@H](CCCCNC(=O)C(C#N)=CC(C)(C)C)CC(=O)[C@@H](NC(=O)c2cc(C)on2)[C@@H](C)O)cc1. The van der Waals surface area contributed by atoms with Crippen LogP contribution in [0.15, 0.2) is 46.5 Å². The van der Waals surface area contributed by atoms with Crippen LogP contribution in [0.2, 0.25) is 0 Å². The summed E-state index contributed by atoms with van der Waals surface area (Å²) in [4.78, 5) is 51.5. The van der Waals surface area contributed by atoms with Gasteiger partial charge in [-0.25, -0.2) is 0 Å². The maximum Gasteiger partial charge on any atom is 0.274 e. The summed E-state index contributed by atoms with van der Waals surface area (Å²) in [7, 11) is 0. The number of ketones is 1. The van der Waals surface area contributed by atoms with E-state index in [1.54, 1.807) is 13.0 Å². The van der Waals surface area contributed by atoms with Crippen molar-refractivity contribution in [3.05, 3.63) is 64.6 Å². The van der Waals surface area contributed by atoms with E-state index in [0.29, 0.717) is 25.0 Å². The van der Waals surface area contributed by atoms with Crippen molar-refractivity contribution in [3.63, 3.8) is 0 Å². The fraction of sp³-hybridized carbons (Fsp3) is 0.500. The molecule has 2 aromatic rings. The maximum absolute atomic E-state index is 13.3. The van der Waals surface area contributed by atoms with Crippen LogP contribution in [-0.2, 0) is 20.9 Å². The minimum absolute atomic E-state index is 0.0257. The zero-order valence-corrected chi connectivity index (χ0v) is 25.8. The molecule has 0 aliphatic heterocycles. The molecule has 0 fully saturated rings. The van der Waals surface area contributed by atoms with Crippen molar-refractivity contribution in [1.29, 1.82) is 5.26 Å². The topological polar surface area (TPSA) is 174 Å². The lowest BCUT2D eigenvalue weighted by molar-refractivity contribution is -0.131. The molecule has 2 rings (SSSR count). The first kappa shape index (κ1) is 34.9. The molecule has 11 heteroatoms. The van der Waals surface area contributed by atoms with Gasteiger partial charge in [-0.2, -0.15) is 5.26 Å². The Morgan fingerprint density at radius 1 is 1.09 bits per heavy atom. The number of Topliss-reactive ketones (excluding diaryl/α,β-unsaturated/α-hetero) is 1. The first-order valence-electron chi connectivity index (χ1n) is 14.4. The van der Waals surface area contributed by atoms with E-state index >= 15 is 0 Å². The molecule has 3 atom stereocenters. The Bertz CT molecular complexity index is 1330. The number of aryl methyl sites for hydroxylation is 2. The lowest BCUT2D eigenvalue weighted by Gasteiger charge is -2.23. The maximum atomic E-state index is 13.3. The molecule has 0 saturated heterocycles. The number of hydrogen-bond donors (Lipinski definition) is 4. The van der Waals surface area contributed by atoms with Crippen molar-refractivity contribution in [1.82, 2.24) is 21.1 Å². The predicted octanol–water partition coefficient (Wildman–Crippen LogP) is 3.45. The zero-order valence-electron chi connectivity index (χ0n) is 25.8. The van der Waals surface area contributed by atoms with Gasteiger partial charge in [0.1, 0.15) is 23.4 Å². The third kappa shape index (κ3) is 12.2. The van der Waals surface area contributed by atoms with E-state index in [1.165, 1.54) is 13.0 Å². The summed E-state index contributed by atoms with van der Waals surface area (Å²) in [5, 5.41) is 31.4. The van der Waals surface area contributed by atoms with Crippen LogP contribution >= 0.6 is 0 Å². The van der Waals surface area contributed by atoms with E-state index in [-0.39, 0.29) is 42.1 Å². The highest BCUT2D eigenvalue weighted by molar-refractivity contribution is 5.98. The van der Waals surface area contributed by atoms with Crippen LogP contribution in [0.3, 0.4) is 0 Å². The van der Waals surface area contributed by atoms with Gasteiger partial charge in [0.25, 0.3) is 11.8 Å². The van der Waals surface area contributed by atoms with Crippen LogP contribution < -0.4 is 16.0 Å². The molecule has 0 saturated carbocycles. The van der Waals surface area contributed by atoms with Crippen molar-refractivity contribution in [2.45, 2.75) is 85.9 Å². The zero-order chi connectivity index (χ0) is 32.2. The molecule has 1 heterocycles. The van der Waals surface area contributed by atoms with E-state index in [2.05, 4.69) is 21.1 Å². The molecule has 0 unspecified atom stereocenters. The number of carbonyl (C=O) groups excluding carboxylic acids is 4. The average molecular weight is 594 g/mol. The molecule has 0 radical (unpaired) electrons. The van der Waals surface area contributed by atoms with Crippen LogP contribution in [0.5, 0.6) is 0 Å². The number of aliphatic hydroxyl groups is 1. The van der Waals surface area contributed by atoms with Crippen LogP contribution in [0.1, 0.15) is 80.8 Å². The molecule has 1 aromatic heterocycles. The normalized spacial score (nSPS) is 13.8. The van der Waals surface area contributed by atoms with Crippen LogP contribution in [0.4, 0.5) is 0 Å². The Kier molecular flexibility index (Phi) is 13.3. The van der Waals surface area contributed by atoms with Crippen molar-refractivity contribution in [2.75, 3.05) is 6.54 Å². The molecular weight excluding hydrogens is 550 g/mol. The molecule has 43 heavy (non-hydrogen) atoms. The Hall–Kier alpha value is -4.30. The Balaban J connectivity index is 2.06. The summed E-state index contributed by atoms with van der Waals surface area (Å²) in [6.45, 7) is 11.2. The van der Waals surface area contributed by atoms with Gasteiger partial charge < -0.3 is 25.6 Å². The standard InChI is InChI=1S/C32H43N5O6/c1-20-10-12-23(13-11-20)19-35-29(40)24(9-7-8-14-34-30(41)25(18-33)17-32(4,5)6)16-27(39)28(22(3)38)36-31(42)26-15-21(2)43-37-26/h10-13,15,17,22,24,28,38H,7-9,14,16,19H2,1-6H3,(H,34,41)(H,35,40)(H,36,42)/t22-,24-,28+/m1/s1. The molecular formula is C32H43N5O6. The number of nitrogens with zero attached hydrogens (tertiary/aromatic N) is 2. The smallest absolute Gasteiger partial charge is 0.274 e. The van der Waals surface area contributed by atoms with E-state index in [1.807, 2.05) is 58.0 Å². The summed E-state index contributed by atoms with van der Waals surface area (Å²) < 4.78 is 4.92. The number of allylic oxidation sites excluding steroid dienone is 1. The van der Waals surface area contributed by atoms with E-state index < -0.39 is 35.7 Å². The summed E-state index contributed by atoms with van der Waals surface area (Å²) >= 11 is 0. The fourth-order valence-electron chi connectivity index (χ4n) is 4.29. The number of amides is 3. The summed E-state index contributed by atoms with van der Waals surface area (Å²) in [5.74, 6) is -2.29. The monoisotopic (exact) mass is 593 g/mol. The Labute approximate surface area is 253 Å². The molecule has 0 aliphatic carbocycles. The highest BCUT2D eigenvalue weighted by atomic mass is 16.5. The lowest BCUT2D eigenvalue weighted by atomic mass is 9.91. The number of unbranched alkanes of at least 4 members (excludes halogenated alkanes) is 1. The van der Waals surface area contributed by atoms with Crippen LogP contribution in [-0.4, -0.2) is 52.5 Å². The van der Waals surface area contributed by atoms with Gasteiger partial charge in [0.2, 0.25) is 5.91 Å². The highest BCUT2D eigenvalue weighted by Gasteiger charge is 2.31. The second kappa shape index (κ2) is 16.4. The first-order valence-corrected chi connectivity index (χ1v) is 14.4. The van der Waals surface area contributed by atoms with Crippen molar-refractivity contribution < 1.29 is 28.8 Å². The van der Waals surface area contributed by atoms with Crippen molar-refractivity contribution in [3.8, 4) is 6.07 Å². The molecule has 0 bridgehead atoms. The Morgan fingerprint density at radius 2 is 1.77 bits per heavy atom. The number of nitrogens with one attached hydrogen (secondary N) is 3. The third-order valence-corrected chi connectivity index (χ3v) is 6.59. The number of benzene rings is 1.